The first kappa shape index (κ1) is 20.6. The van der Waals surface area contributed by atoms with Crippen molar-refractivity contribution in [1.82, 2.24) is 10.1 Å². The second kappa shape index (κ2) is 9.92. The summed E-state index contributed by atoms with van der Waals surface area (Å²) in [5.41, 5.74) is 3.75. The van der Waals surface area contributed by atoms with Crippen LogP contribution in [0.1, 0.15) is 36.4 Å². The van der Waals surface area contributed by atoms with E-state index in [1.807, 2.05) is 67.7 Å². The maximum absolute atomic E-state index is 12.7. The van der Waals surface area contributed by atoms with Crippen molar-refractivity contribution in [3.05, 3.63) is 72.0 Å². The molecule has 0 unspecified atom stereocenters. The summed E-state index contributed by atoms with van der Waals surface area (Å²) in [6, 6.07) is 19.8. The van der Waals surface area contributed by atoms with Gasteiger partial charge in [-0.25, -0.2) is 0 Å². The Hall–Kier alpha value is -3.08. The van der Waals surface area contributed by atoms with Crippen LogP contribution in [0.4, 0.5) is 5.69 Å². The number of benzene rings is 2. The molecule has 29 heavy (non-hydrogen) atoms. The van der Waals surface area contributed by atoms with Gasteiger partial charge in [0.1, 0.15) is 11.5 Å². The minimum Gasteiger partial charge on any atom is -0.372 e. The number of anilines is 1. The fourth-order valence-electron chi connectivity index (χ4n) is 3.39. The first-order valence-corrected chi connectivity index (χ1v) is 10.2. The van der Waals surface area contributed by atoms with Crippen LogP contribution in [0, 0.1) is 0 Å². The number of hydrogen-bond acceptors (Lipinski definition) is 4. The summed E-state index contributed by atoms with van der Waals surface area (Å²) in [5, 5.41) is 4.14. The molecule has 0 N–H and O–H groups in total. The molecule has 3 rings (SSSR count). The molecule has 0 saturated heterocycles. The van der Waals surface area contributed by atoms with Crippen LogP contribution in [0.3, 0.4) is 0 Å². The molecular weight excluding hydrogens is 362 g/mol. The number of amides is 1. The zero-order chi connectivity index (χ0) is 20.6. The van der Waals surface area contributed by atoms with Gasteiger partial charge in [-0.2, -0.15) is 0 Å². The van der Waals surface area contributed by atoms with E-state index in [1.54, 1.807) is 4.90 Å². The van der Waals surface area contributed by atoms with Crippen molar-refractivity contribution in [3.8, 4) is 11.3 Å². The summed E-state index contributed by atoms with van der Waals surface area (Å²) in [5.74, 6) is 0.881. The molecule has 1 heterocycles. The molecule has 0 saturated carbocycles. The number of carbonyl (C=O) groups excluding carboxylic acids is 1. The van der Waals surface area contributed by atoms with Crippen LogP contribution in [0.25, 0.3) is 11.3 Å². The first-order valence-electron chi connectivity index (χ1n) is 10.2. The lowest BCUT2D eigenvalue weighted by Crippen LogP contribution is -2.28. The van der Waals surface area contributed by atoms with Crippen molar-refractivity contribution in [2.75, 3.05) is 31.6 Å². The van der Waals surface area contributed by atoms with E-state index < -0.39 is 0 Å². The van der Waals surface area contributed by atoms with Crippen molar-refractivity contribution in [3.63, 3.8) is 0 Å². The Labute approximate surface area is 172 Å². The van der Waals surface area contributed by atoms with Crippen LogP contribution in [0.5, 0.6) is 0 Å². The fourth-order valence-corrected chi connectivity index (χ4v) is 3.39. The Bertz CT molecular complexity index is 899. The Morgan fingerprint density at radius 2 is 1.69 bits per heavy atom. The largest absolute Gasteiger partial charge is 0.372 e. The molecule has 0 aliphatic carbocycles. The summed E-state index contributed by atoms with van der Waals surface area (Å²) in [7, 11) is 1.84. The molecule has 1 aromatic heterocycles. The Morgan fingerprint density at radius 1 is 1.00 bits per heavy atom. The van der Waals surface area contributed by atoms with E-state index in [4.69, 9.17) is 4.52 Å². The zero-order valence-electron chi connectivity index (χ0n) is 17.5. The average Bonchev–Trinajstić information content (AvgIpc) is 3.24. The highest BCUT2D eigenvalue weighted by Gasteiger charge is 2.13. The third-order valence-corrected chi connectivity index (χ3v) is 5.13. The van der Waals surface area contributed by atoms with Gasteiger partial charge in [0.15, 0.2) is 0 Å². The van der Waals surface area contributed by atoms with E-state index in [-0.39, 0.29) is 5.91 Å². The third-order valence-electron chi connectivity index (χ3n) is 5.13. The number of rotatable bonds is 9. The van der Waals surface area contributed by atoms with Crippen LogP contribution in [-0.4, -0.2) is 42.6 Å². The van der Waals surface area contributed by atoms with Gasteiger partial charge in [-0.1, -0.05) is 35.5 Å². The fraction of sp³-hybridized carbons (Fsp3) is 0.333. The minimum atomic E-state index is 0.0404. The highest BCUT2D eigenvalue weighted by molar-refractivity contribution is 5.94. The molecule has 3 aromatic rings. The van der Waals surface area contributed by atoms with Gasteiger partial charge >= 0.3 is 0 Å². The van der Waals surface area contributed by atoms with Gasteiger partial charge in [-0.3, -0.25) is 4.79 Å². The maximum atomic E-state index is 12.7. The molecule has 0 aliphatic rings. The number of carbonyl (C=O) groups is 1. The molecule has 1 amide bonds. The van der Waals surface area contributed by atoms with Crippen LogP contribution in [-0.2, 0) is 6.42 Å². The van der Waals surface area contributed by atoms with Gasteiger partial charge in [0, 0.05) is 56.0 Å². The second-order valence-electron chi connectivity index (χ2n) is 7.09. The van der Waals surface area contributed by atoms with Crippen molar-refractivity contribution in [2.45, 2.75) is 26.7 Å². The van der Waals surface area contributed by atoms with E-state index in [1.165, 1.54) is 0 Å². The van der Waals surface area contributed by atoms with Gasteiger partial charge < -0.3 is 14.3 Å². The van der Waals surface area contributed by atoms with Crippen LogP contribution in [0.15, 0.2) is 65.2 Å². The van der Waals surface area contributed by atoms with Crippen LogP contribution < -0.4 is 4.90 Å². The van der Waals surface area contributed by atoms with Crippen molar-refractivity contribution >= 4 is 11.6 Å². The van der Waals surface area contributed by atoms with E-state index in [0.29, 0.717) is 6.54 Å². The number of nitrogens with zero attached hydrogens (tertiary/aromatic N) is 3. The molecule has 5 nitrogen and oxygen atoms in total. The molecule has 5 heteroatoms. The lowest BCUT2D eigenvalue weighted by Gasteiger charge is -2.22. The van der Waals surface area contributed by atoms with Crippen LogP contribution in [0.2, 0.25) is 0 Å². The smallest absolute Gasteiger partial charge is 0.253 e. The quantitative estimate of drug-likeness (QED) is 0.521. The van der Waals surface area contributed by atoms with E-state index in [9.17, 15) is 4.79 Å². The number of aryl methyl sites for hydroxylation is 1. The van der Waals surface area contributed by atoms with Crippen molar-refractivity contribution in [2.24, 2.45) is 0 Å². The lowest BCUT2D eigenvalue weighted by molar-refractivity contribution is 0.0793. The summed E-state index contributed by atoms with van der Waals surface area (Å²) < 4.78 is 5.44. The monoisotopic (exact) mass is 391 g/mol. The maximum Gasteiger partial charge on any atom is 0.253 e. The van der Waals surface area contributed by atoms with Crippen LogP contribution >= 0.6 is 0 Å². The number of aromatic nitrogens is 1. The summed E-state index contributed by atoms with van der Waals surface area (Å²) in [4.78, 5) is 16.7. The topological polar surface area (TPSA) is 49.6 Å². The van der Waals surface area contributed by atoms with Gasteiger partial charge in [0.05, 0.1) is 0 Å². The SMILES string of the molecule is CCN(CC)c1ccc(C(=O)N(C)CCCc2cc(-c3ccccc3)no2)cc1. The summed E-state index contributed by atoms with van der Waals surface area (Å²) in [6.45, 7) is 6.84. The predicted molar refractivity (Wildman–Crippen MR) is 117 cm³/mol. The third kappa shape index (κ3) is 5.25. The van der Waals surface area contributed by atoms with E-state index in [2.05, 4.69) is 23.9 Å². The lowest BCUT2D eigenvalue weighted by atomic mass is 10.1. The van der Waals surface area contributed by atoms with E-state index >= 15 is 0 Å². The Balaban J connectivity index is 1.51. The molecule has 2 aromatic carbocycles. The number of hydrogen-bond donors (Lipinski definition) is 0. The van der Waals surface area contributed by atoms with Crippen molar-refractivity contribution in [1.29, 1.82) is 0 Å². The highest BCUT2D eigenvalue weighted by atomic mass is 16.5. The molecule has 0 bridgehead atoms. The molecule has 0 atom stereocenters. The molecule has 152 valence electrons. The van der Waals surface area contributed by atoms with Gasteiger partial charge in [0.2, 0.25) is 0 Å². The summed E-state index contributed by atoms with van der Waals surface area (Å²) >= 11 is 0. The average molecular weight is 392 g/mol. The summed E-state index contributed by atoms with van der Waals surface area (Å²) in [6.07, 6.45) is 1.57. The Kier molecular flexibility index (Phi) is 7.06. The van der Waals surface area contributed by atoms with Gasteiger partial charge in [-0.05, 0) is 44.5 Å². The molecular formula is C24H29N3O2. The Morgan fingerprint density at radius 3 is 2.34 bits per heavy atom. The normalized spacial score (nSPS) is 10.7. The molecule has 0 spiro atoms. The van der Waals surface area contributed by atoms with Crippen molar-refractivity contribution < 1.29 is 9.32 Å². The minimum absolute atomic E-state index is 0.0404. The van der Waals surface area contributed by atoms with E-state index in [0.717, 1.165) is 54.2 Å². The molecule has 0 fully saturated rings. The predicted octanol–water partition coefficient (Wildman–Crippen LogP) is 4.89. The van der Waals surface area contributed by atoms with Gasteiger partial charge in [-0.15, -0.1) is 0 Å². The first-order chi connectivity index (χ1) is 14.1. The highest BCUT2D eigenvalue weighted by Crippen LogP contribution is 2.20. The standard InChI is InChI=1S/C24H29N3O2/c1-4-27(5-2)21-15-13-20(14-16-21)24(28)26(3)17-9-12-22-18-23(25-29-22)19-10-7-6-8-11-19/h6-8,10-11,13-16,18H,4-5,9,12,17H2,1-3H3. The molecule has 0 radical (unpaired) electrons. The molecule has 0 aliphatic heterocycles. The second-order valence-corrected chi connectivity index (χ2v) is 7.09. The van der Waals surface area contributed by atoms with Gasteiger partial charge in [0.25, 0.3) is 5.91 Å². The zero-order valence-corrected chi connectivity index (χ0v) is 17.5.